The van der Waals surface area contributed by atoms with E-state index >= 15 is 0 Å². The zero-order valence-corrected chi connectivity index (χ0v) is 7.54. The van der Waals surface area contributed by atoms with Crippen LogP contribution in [0.2, 0.25) is 0 Å². The third-order valence-corrected chi connectivity index (χ3v) is 1.98. The van der Waals surface area contributed by atoms with Crippen LogP contribution in [0.4, 0.5) is 5.69 Å². The molecule has 0 amide bonds. The minimum atomic E-state index is -0.633. The van der Waals surface area contributed by atoms with Gasteiger partial charge in [0.05, 0.1) is 23.1 Å². The first-order valence-corrected chi connectivity index (χ1v) is 4.14. The van der Waals surface area contributed by atoms with Gasteiger partial charge in [0.2, 0.25) is 0 Å². The predicted octanol–water partition coefficient (Wildman–Crippen LogP) is 1.69. The maximum atomic E-state index is 10.4. The van der Waals surface area contributed by atoms with Crippen LogP contribution in [0.25, 0.3) is 11.3 Å². The first-order chi connectivity index (χ1) is 7.18. The second-order valence-electron chi connectivity index (χ2n) is 2.93. The van der Waals surface area contributed by atoms with Crippen LogP contribution in [0.5, 0.6) is 5.75 Å². The largest absolute Gasteiger partial charge is 0.502 e. The molecule has 0 bridgehead atoms. The lowest BCUT2D eigenvalue weighted by atomic mass is 10.1. The van der Waals surface area contributed by atoms with E-state index in [9.17, 15) is 15.2 Å². The molecule has 0 radical (unpaired) electrons. The zero-order chi connectivity index (χ0) is 10.8. The average molecular weight is 205 g/mol. The maximum Gasteiger partial charge on any atom is 0.310 e. The number of aromatic hydroxyl groups is 1. The SMILES string of the molecule is O=[N+]([O-])c1ccc(-c2cnc[nH]2)cc1O. The summed E-state index contributed by atoms with van der Waals surface area (Å²) in [6, 6.07) is 4.13. The van der Waals surface area contributed by atoms with Crippen LogP contribution >= 0.6 is 0 Å². The van der Waals surface area contributed by atoms with Crippen molar-refractivity contribution in [3.8, 4) is 17.0 Å². The molecule has 6 heteroatoms. The monoisotopic (exact) mass is 205 g/mol. The van der Waals surface area contributed by atoms with Crippen LogP contribution in [-0.4, -0.2) is 20.0 Å². The Morgan fingerprint density at radius 2 is 2.27 bits per heavy atom. The number of aromatic amines is 1. The average Bonchev–Trinajstić information content (AvgIpc) is 2.69. The molecule has 2 aromatic rings. The van der Waals surface area contributed by atoms with Gasteiger partial charge in [0.15, 0.2) is 5.75 Å². The Morgan fingerprint density at radius 3 is 2.80 bits per heavy atom. The highest BCUT2D eigenvalue weighted by atomic mass is 16.6. The fourth-order valence-corrected chi connectivity index (χ4v) is 1.26. The summed E-state index contributed by atoms with van der Waals surface area (Å²) in [4.78, 5) is 16.5. The zero-order valence-electron chi connectivity index (χ0n) is 7.54. The molecule has 0 aliphatic heterocycles. The Labute approximate surface area is 84.4 Å². The van der Waals surface area contributed by atoms with Crippen LogP contribution in [0, 0.1) is 10.1 Å². The van der Waals surface area contributed by atoms with Crippen LogP contribution < -0.4 is 0 Å². The van der Waals surface area contributed by atoms with Crippen molar-refractivity contribution in [3.63, 3.8) is 0 Å². The van der Waals surface area contributed by atoms with Crippen molar-refractivity contribution in [2.24, 2.45) is 0 Å². The summed E-state index contributed by atoms with van der Waals surface area (Å²) in [5.41, 5.74) is 1.04. The van der Waals surface area contributed by atoms with E-state index in [0.29, 0.717) is 11.3 Å². The molecule has 76 valence electrons. The summed E-state index contributed by atoms with van der Waals surface area (Å²) in [7, 11) is 0. The van der Waals surface area contributed by atoms with E-state index in [2.05, 4.69) is 9.97 Å². The summed E-state index contributed by atoms with van der Waals surface area (Å²) in [6.45, 7) is 0. The van der Waals surface area contributed by atoms with Gasteiger partial charge in [0.1, 0.15) is 0 Å². The van der Waals surface area contributed by atoms with Crippen LogP contribution in [0.1, 0.15) is 0 Å². The normalized spacial score (nSPS) is 10.1. The molecule has 0 aliphatic rings. The number of nitrogens with one attached hydrogen (secondary N) is 1. The molecule has 1 aromatic carbocycles. The molecule has 0 unspecified atom stereocenters. The number of phenols is 1. The number of nitro benzene ring substituents is 1. The number of benzene rings is 1. The van der Waals surface area contributed by atoms with Gasteiger partial charge >= 0.3 is 5.69 Å². The highest BCUT2D eigenvalue weighted by molar-refractivity contribution is 5.64. The van der Waals surface area contributed by atoms with Crippen molar-refractivity contribution in [1.82, 2.24) is 9.97 Å². The molecule has 0 atom stereocenters. The van der Waals surface area contributed by atoms with Gasteiger partial charge in [-0.15, -0.1) is 0 Å². The van der Waals surface area contributed by atoms with Crippen molar-refractivity contribution in [2.45, 2.75) is 0 Å². The van der Waals surface area contributed by atoms with Crippen molar-refractivity contribution in [2.75, 3.05) is 0 Å². The molecule has 0 spiro atoms. The lowest BCUT2D eigenvalue weighted by Gasteiger charge is -1.99. The number of hydrogen-bond donors (Lipinski definition) is 2. The Kier molecular flexibility index (Phi) is 2.09. The van der Waals surface area contributed by atoms with Crippen molar-refractivity contribution >= 4 is 5.69 Å². The molecule has 2 N–H and O–H groups in total. The van der Waals surface area contributed by atoms with Gasteiger partial charge < -0.3 is 10.1 Å². The topological polar surface area (TPSA) is 92.0 Å². The molecule has 1 heterocycles. The molecule has 0 saturated heterocycles. The molecule has 15 heavy (non-hydrogen) atoms. The molecule has 0 saturated carbocycles. The van der Waals surface area contributed by atoms with Crippen LogP contribution in [0.3, 0.4) is 0 Å². The van der Waals surface area contributed by atoms with Crippen LogP contribution in [-0.2, 0) is 0 Å². The van der Waals surface area contributed by atoms with Crippen molar-refractivity contribution in [3.05, 3.63) is 40.8 Å². The number of H-pyrrole nitrogens is 1. The second kappa shape index (κ2) is 3.41. The Balaban J connectivity index is 2.47. The highest BCUT2D eigenvalue weighted by Crippen LogP contribution is 2.29. The molecular weight excluding hydrogens is 198 g/mol. The molecular formula is C9H7N3O3. The van der Waals surface area contributed by atoms with Crippen molar-refractivity contribution < 1.29 is 10.0 Å². The quantitative estimate of drug-likeness (QED) is 0.576. The summed E-state index contributed by atoms with van der Waals surface area (Å²) in [5, 5.41) is 19.8. The van der Waals surface area contributed by atoms with E-state index in [-0.39, 0.29) is 11.4 Å². The smallest absolute Gasteiger partial charge is 0.310 e. The lowest BCUT2D eigenvalue weighted by Crippen LogP contribution is -1.88. The number of nitrogens with zero attached hydrogens (tertiary/aromatic N) is 2. The summed E-state index contributed by atoms with van der Waals surface area (Å²) in [5.74, 6) is -0.355. The molecule has 6 nitrogen and oxygen atoms in total. The van der Waals surface area contributed by atoms with Crippen LogP contribution in [0.15, 0.2) is 30.7 Å². The second-order valence-corrected chi connectivity index (χ2v) is 2.93. The van der Waals surface area contributed by atoms with E-state index in [0.717, 1.165) is 0 Å². The molecule has 0 aliphatic carbocycles. The van der Waals surface area contributed by atoms with Gasteiger partial charge in [-0.2, -0.15) is 0 Å². The van der Waals surface area contributed by atoms with Gasteiger partial charge in [0, 0.05) is 11.6 Å². The Morgan fingerprint density at radius 1 is 1.47 bits per heavy atom. The number of imidazole rings is 1. The third kappa shape index (κ3) is 1.64. The van der Waals surface area contributed by atoms with Gasteiger partial charge in [0.25, 0.3) is 0 Å². The van der Waals surface area contributed by atoms with E-state index in [1.807, 2.05) is 0 Å². The summed E-state index contributed by atoms with van der Waals surface area (Å²) >= 11 is 0. The highest BCUT2D eigenvalue weighted by Gasteiger charge is 2.13. The van der Waals surface area contributed by atoms with E-state index < -0.39 is 4.92 Å². The predicted molar refractivity (Wildman–Crippen MR) is 52.3 cm³/mol. The number of hydrogen-bond acceptors (Lipinski definition) is 4. The number of rotatable bonds is 2. The van der Waals surface area contributed by atoms with Gasteiger partial charge in [-0.05, 0) is 12.1 Å². The summed E-state index contributed by atoms with van der Waals surface area (Å²) in [6.07, 6.45) is 3.06. The minimum absolute atomic E-state index is 0.307. The van der Waals surface area contributed by atoms with E-state index in [4.69, 9.17) is 0 Å². The Hall–Kier alpha value is -2.37. The first kappa shape index (κ1) is 9.20. The van der Waals surface area contributed by atoms with E-state index in [1.165, 1.54) is 18.5 Å². The minimum Gasteiger partial charge on any atom is -0.502 e. The third-order valence-electron chi connectivity index (χ3n) is 1.98. The maximum absolute atomic E-state index is 10.4. The fourth-order valence-electron chi connectivity index (χ4n) is 1.26. The van der Waals surface area contributed by atoms with Crippen molar-refractivity contribution in [1.29, 1.82) is 0 Å². The fraction of sp³-hybridized carbons (Fsp3) is 0. The van der Waals surface area contributed by atoms with Gasteiger partial charge in [-0.25, -0.2) is 4.98 Å². The molecule has 1 aromatic heterocycles. The first-order valence-electron chi connectivity index (χ1n) is 4.14. The number of aromatic nitrogens is 2. The van der Waals surface area contributed by atoms with Gasteiger partial charge in [-0.3, -0.25) is 10.1 Å². The standard InChI is InChI=1S/C9H7N3O3/c13-9-3-6(7-4-10-5-11-7)1-2-8(9)12(14)15/h1-5,13H,(H,10,11). The molecule has 0 fully saturated rings. The number of nitro groups is 1. The number of phenolic OH excluding ortho intramolecular Hbond substituents is 1. The van der Waals surface area contributed by atoms with E-state index in [1.54, 1.807) is 12.3 Å². The summed E-state index contributed by atoms with van der Waals surface area (Å²) < 4.78 is 0. The molecule has 2 rings (SSSR count). The Bertz CT molecular complexity index is 493. The van der Waals surface area contributed by atoms with Gasteiger partial charge in [-0.1, -0.05) is 0 Å². The lowest BCUT2D eigenvalue weighted by molar-refractivity contribution is -0.385.